The van der Waals surface area contributed by atoms with Gasteiger partial charge >= 0.3 is 0 Å². The summed E-state index contributed by atoms with van der Waals surface area (Å²) in [5.41, 5.74) is 2.41. The third-order valence-electron chi connectivity index (χ3n) is 5.71. The highest BCUT2D eigenvalue weighted by Gasteiger charge is 2.27. The van der Waals surface area contributed by atoms with Gasteiger partial charge in [0.1, 0.15) is 17.0 Å². The van der Waals surface area contributed by atoms with Gasteiger partial charge in [0.05, 0.1) is 5.39 Å². The van der Waals surface area contributed by atoms with Crippen LogP contribution < -0.4 is 10.2 Å². The summed E-state index contributed by atoms with van der Waals surface area (Å²) < 4.78 is 0. The Balaban J connectivity index is 1.33. The van der Waals surface area contributed by atoms with Gasteiger partial charge in [-0.3, -0.25) is 4.79 Å². The first-order chi connectivity index (χ1) is 14.0. The minimum absolute atomic E-state index is 0.0632. The van der Waals surface area contributed by atoms with Gasteiger partial charge in [-0.25, -0.2) is 9.97 Å². The second kappa shape index (κ2) is 8.67. The number of rotatable bonds is 5. The molecule has 2 aromatic heterocycles. The normalized spacial score (nSPS) is 15.1. The van der Waals surface area contributed by atoms with Gasteiger partial charge in [-0.2, -0.15) is 0 Å². The minimum atomic E-state index is 0.0632. The van der Waals surface area contributed by atoms with E-state index in [0.717, 1.165) is 53.6 Å². The van der Waals surface area contributed by atoms with Gasteiger partial charge in [-0.1, -0.05) is 23.7 Å². The van der Waals surface area contributed by atoms with Crippen LogP contribution in [0.4, 0.5) is 5.82 Å². The number of amides is 1. The van der Waals surface area contributed by atoms with Crippen molar-refractivity contribution in [2.75, 3.05) is 24.5 Å². The lowest BCUT2D eigenvalue weighted by Crippen LogP contribution is -2.41. The molecule has 5 nitrogen and oxygen atoms in total. The summed E-state index contributed by atoms with van der Waals surface area (Å²) in [7, 11) is 0. The molecule has 0 unspecified atom stereocenters. The molecule has 29 heavy (non-hydrogen) atoms. The number of thiophene rings is 1. The van der Waals surface area contributed by atoms with E-state index in [1.54, 1.807) is 17.7 Å². The Morgan fingerprint density at radius 1 is 1.28 bits per heavy atom. The maximum Gasteiger partial charge on any atom is 0.223 e. The topological polar surface area (TPSA) is 58.1 Å². The van der Waals surface area contributed by atoms with Gasteiger partial charge in [0.15, 0.2) is 0 Å². The maximum atomic E-state index is 12.6. The lowest BCUT2D eigenvalue weighted by molar-refractivity contribution is -0.125. The Kier molecular flexibility index (Phi) is 6.01. The van der Waals surface area contributed by atoms with Crippen LogP contribution in [-0.2, 0) is 11.2 Å². The molecule has 1 saturated heterocycles. The first-order valence-electron chi connectivity index (χ1n) is 10.0. The number of fused-ring (bicyclic) bond motifs is 1. The molecule has 0 bridgehead atoms. The first-order valence-corrected chi connectivity index (χ1v) is 11.2. The Bertz CT molecular complexity index is 1030. The molecular weight excluding hydrogens is 404 g/mol. The molecule has 0 atom stereocenters. The van der Waals surface area contributed by atoms with Crippen molar-refractivity contribution in [1.82, 2.24) is 15.3 Å². The number of hydrogen-bond donors (Lipinski definition) is 1. The van der Waals surface area contributed by atoms with E-state index in [1.165, 1.54) is 15.8 Å². The molecule has 0 aliphatic carbocycles. The average molecular weight is 429 g/mol. The zero-order valence-corrected chi connectivity index (χ0v) is 18.3. The molecule has 0 radical (unpaired) electrons. The van der Waals surface area contributed by atoms with Crippen LogP contribution in [0.5, 0.6) is 0 Å². The molecule has 0 saturated carbocycles. The van der Waals surface area contributed by atoms with E-state index in [9.17, 15) is 4.79 Å². The number of hydrogen-bond acceptors (Lipinski definition) is 5. The molecule has 1 amide bonds. The largest absolute Gasteiger partial charge is 0.356 e. The monoisotopic (exact) mass is 428 g/mol. The van der Waals surface area contributed by atoms with E-state index in [1.807, 2.05) is 24.3 Å². The lowest BCUT2D eigenvalue weighted by atomic mass is 9.95. The first kappa shape index (κ1) is 20.1. The Hall–Kier alpha value is -2.18. The summed E-state index contributed by atoms with van der Waals surface area (Å²) in [5, 5.41) is 4.99. The molecule has 7 heteroatoms. The van der Waals surface area contributed by atoms with Crippen molar-refractivity contribution in [2.24, 2.45) is 5.92 Å². The second-order valence-electron chi connectivity index (χ2n) is 7.59. The zero-order chi connectivity index (χ0) is 20.4. The van der Waals surface area contributed by atoms with Gasteiger partial charge in [0.2, 0.25) is 5.91 Å². The fourth-order valence-corrected chi connectivity index (χ4v) is 5.13. The number of halogens is 1. The molecule has 1 aliphatic rings. The number of anilines is 1. The van der Waals surface area contributed by atoms with Crippen molar-refractivity contribution >= 4 is 44.9 Å². The minimum Gasteiger partial charge on any atom is -0.356 e. The van der Waals surface area contributed by atoms with E-state index in [2.05, 4.69) is 34.0 Å². The van der Waals surface area contributed by atoms with Crippen molar-refractivity contribution in [3.8, 4) is 0 Å². The molecule has 3 heterocycles. The number of carbonyl (C=O) groups excluding carboxylic acids is 1. The summed E-state index contributed by atoms with van der Waals surface area (Å²) in [6, 6.07) is 7.79. The third kappa shape index (κ3) is 4.38. The van der Waals surface area contributed by atoms with Crippen molar-refractivity contribution in [3.63, 3.8) is 0 Å². The predicted molar refractivity (Wildman–Crippen MR) is 120 cm³/mol. The van der Waals surface area contributed by atoms with Crippen molar-refractivity contribution < 1.29 is 4.79 Å². The standard InChI is InChI=1S/C22H25ClN4OS/c1-14-15(2)29-22-19(14)20(25-13-26-22)27-10-7-17(8-11-27)21(28)24-9-6-16-4-3-5-18(23)12-16/h3-5,12-13,17H,6-11H2,1-2H3,(H,24,28). The summed E-state index contributed by atoms with van der Waals surface area (Å²) in [5.74, 6) is 1.23. The number of aryl methyl sites for hydroxylation is 2. The van der Waals surface area contributed by atoms with Crippen LogP contribution in [0.2, 0.25) is 5.02 Å². The van der Waals surface area contributed by atoms with E-state index < -0.39 is 0 Å². The van der Waals surface area contributed by atoms with E-state index in [-0.39, 0.29) is 11.8 Å². The fourth-order valence-electron chi connectivity index (χ4n) is 3.92. The lowest BCUT2D eigenvalue weighted by Gasteiger charge is -2.32. The molecule has 1 aliphatic heterocycles. The number of piperidine rings is 1. The van der Waals surface area contributed by atoms with Crippen LogP contribution in [0.1, 0.15) is 28.8 Å². The Labute approximate surface area is 180 Å². The van der Waals surface area contributed by atoms with Gasteiger partial charge in [-0.05, 0) is 56.4 Å². The molecule has 1 N–H and O–H groups in total. The van der Waals surface area contributed by atoms with Crippen LogP contribution in [-0.4, -0.2) is 35.5 Å². The van der Waals surface area contributed by atoms with Gasteiger partial charge < -0.3 is 10.2 Å². The summed E-state index contributed by atoms with van der Waals surface area (Å²) in [4.78, 5) is 26.2. The molecule has 1 fully saturated rings. The number of nitrogens with one attached hydrogen (secondary N) is 1. The highest BCUT2D eigenvalue weighted by atomic mass is 35.5. The van der Waals surface area contributed by atoms with Crippen molar-refractivity contribution in [2.45, 2.75) is 33.1 Å². The van der Waals surface area contributed by atoms with E-state index in [4.69, 9.17) is 11.6 Å². The third-order valence-corrected chi connectivity index (χ3v) is 7.06. The van der Waals surface area contributed by atoms with Crippen LogP contribution >= 0.6 is 22.9 Å². The SMILES string of the molecule is Cc1sc2ncnc(N3CCC(C(=O)NCCc4cccc(Cl)c4)CC3)c2c1C. The van der Waals surface area contributed by atoms with Gasteiger partial charge in [-0.15, -0.1) is 11.3 Å². The summed E-state index contributed by atoms with van der Waals surface area (Å²) in [6.07, 6.45) is 4.13. The van der Waals surface area contributed by atoms with Crippen LogP contribution in [0.25, 0.3) is 10.2 Å². The summed E-state index contributed by atoms with van der Waals surface area (Å²) in [6.45, 7) is 6.59. The van der Waals surface area contributed by atoms with Crippen LogP contribution in [0.15, 0.2) is 30.6 Å². The Morgan fingerprint density at radius 3 is 2.83 bits per heavy atom. The Morgan fingerprint density at radius 2 is 2.07 bits per heavy atom. The number of nitrogens with zero attached hydrogens (tertiary/aromatic N) is 3. The predicted octanol–water partition coefficient (Wildman–Crippen LogP) is 4.54. The van der Waals surface area contributed by atoms with Crippen LogP contribution in [0, 0.1) is 19.8 Å². The molecule has 1 aromatic carbocycles. The number of carbonyl (C=O) groups is 1. The molecule has 4 rings (SSSR count). The molecule has 152 valence electrons. The molecule has 3 aromatic rings. The number of aromatic nitrogens is 2. The molecule has 0 spiro atoms. The zero-order valence-electron chi connectivity index (χ0n) is 16.7. The van der Waals surface area contributed by atoms with Gasteiger partial charge in [0, 0.05) is 35.5 Å². The highest BCUT2D eigenvalue weighted by Crippen LogP contribution is 2.35. The summed E-state index contributed by atoms with van der Waals surface area (Å²) >= 11 is 7.74. The number of benzene rings is 1. The van der Waals surface area contributed by atoms with E-state index >= 15 is 0 Å². The quantitative estimate of drug-likeness (QED) is 0.648. The van der Waals surface area contributed by atoms with E-state index in [0.29, 0.717) is 6.54 Å². The molecular formula is C22H25ClN4OS. The van der Waals surface area contributed by atoms with Crippen molar-refractivity contribution in [1.29, 1.82) is 0 Å². The van der Waals surface area contributed by atoms with Crippen molar-refractivity contribution in [3.05, 3.63) is 51.6 Å². The van der Waals surface area contributed by atoms with Crippen LogP contribution in [0.3, 0.4) is 0 Å². The maximum absolute atomic E-state index is 12.6. The highest BCUT2D eigenvalue weighted by molar-refractivity contribution is 7.18. The fraction of sp³-hybridized carbons (Fsp3) is 0.409. The average Bonchev–Trinajstić information content (AvgIpc) is 3.02. The smallest absolute Gasteiger partial charge is 0.223 e. The second-order valence-corrected chi connectivity index (χ2v) is 9.23. The van der Waals surface area contributed by atoms with Gasteiger partial charge in [0.25, 0.3) is 0 Å².